The maximum absolute atomic E-state index is 12.9. The minimum Gasteiger partial charge on any atom is -0.252 e. The van der Waals surface area contributed by atoms with Crippen LogP contribution >= 0.6 is 11.8 Å². The standard InChI is InChI=1S/C15H10F2N6S/c1-8-12(24-15-21-20-14(13(16)17)23(15)22-8)6-9-7-18-10-4-2-3-5-11(10)19-9/h2-7,13H,1H3. The van der Waals surface area contributed by atoms with Gasteiger partial charge in [0.05, 0.1) is 28.6 Å². The van der Waals surface area contributed by atoms with Gasteiger partial charge in [0.2, 0.25) is 11.0 Å². The average molecular weight is 344 g/mol. The highest BCUT2D eigenvalue weighted by molar-refractivity contribution is 8.04. The fraction of sp³-hybridized carbons (Fsp3) is 0.133. The van der Waals surface area contributed by atoms with Crippen molar-refractivity contribution in [3.8, 4) is 0 Å². The Bertz CT molecular complexity index is 995. The molecule has 1 aliphatic heterocycles. The molecule has 0 spiro atoms. The van der Waals surface area contributed by atoms with E-state index in [0.29, 0.717) is 16.6 Å². The summed E-state index contributed by atoms with van der Waals surface area (Å²) in [7, 11) is 0. The fourth-order valence-corrected chi connectivity index (χ4v) is 3.12. The number of alkyl halides is 2. The number of hydrogen-bond acceptors (Lipinski definition) is 6. The molecule has 9 heteroatoms. The van der Waals surface area contributed by atoms with E-state index in [2.05, 4.69) is 25.3 Å². The quantitative estimate of drug-likeness (QED) is 0.711. The van der Waals surface area contributed by atoms with Crippen molar-refractivity contribution in [3.63, 3.8) is 0 Å². The summed E-state index contributed by atoms with van der Waals surface area (Å²) in [5.74, 6) is -0.457. The Balaban J connectivity index is 1.73. The van der Waals surface area contributed by atoms with Crippen LogP contribution in [0.15, 0.2) is 45.6 Å². The Morgan fingerprint density at radius 3 is 2.75 bits per heavy atom. The topological polar surface area (TPSA) is 68.8 Å². The number of aromatic nitrogens is 5. The van der Waals surface area contributed by atoms with Gasteiger partial charge in [0.25, 0.3) is 6.43 Å². The van der Waals surface area contributed by atoms with Crippen molar-refractivity contribution in [2.24, 2.45) is 5.10 Å². The van der Waals surface area contributed by atoms with E-state index in [1.807, 2.05) is 30.3 Å². The van der Waals surface area contributed by atoms with E-state index < -0.39 is 12.2 Å². The summed E-state index contributed by atoms with van der Waals surface area (Å²) in [6, 6.07) is 7.56. The molecule has 0 unspecified atom stereocenters. The van der Waals surface area contributed by atoms with Crippen LogP contribution in [0.2, 0.25) is 0 Å². The molecular formula is C15H10F2N6S. The number of thioether (sulfide) groups is 1. The Morgan fingerprint density at radius 1 is 1.17 bits per heavy atom. The Morgan fingerprint density at radius 2 is 1.96 bits per heavy atom. The minimum atomic E-state index is -2.72. The number of nitrogens with zero attached hydrogens (tertiary/aromatic N) is 6. The first kappa shape index (κ1) is 14.9. The molecule has 0 radical (unpaired) electrons. The molecule has 3 aromatic rings. The lowest BCUT2D eigenvalue weighted by Gasteiger charge is -2.13. The van der Waals surface area contributed by atoms with E-state index in [4.69, 9.17) is 0 Å². The molecule has 0 saturated carbocycles. The van der Waals surface area contributed by atoms with Crippen LogP contribution < -0.4 is 0 Å². The Hall–Kier alpha value is -2.68. The molecule has 0 bridgehead atoms. The first-order chi connectivity index (χ1) is 11.6. The number of benzene rings is 1. The van der Waals surface area contributed by atoms with E-state index >= 15 is 0 Å². The molecule has 0 N–H and O–H groups in total. The lowest BCUT2D eigenvalue weighted by Crippen LogP contribution is -2.09. The van der Waals surface area contributed by atoms with Crippen LogP contribution in [0.4, 0.5) is 8.78 Å². The highest BCUT2D eigenvalue weighted by atomic mass is 32.2. The van der Waals surface area contributed by atoms with Crippen molar-refractivity contribution >= 4 is 34.6 Å². The zero-order chi connectivity index (χ0) is 16.7. The van der Waals surface area contributed by atoms with Gasteiger partial charge in [0, 0.05) is 4.91 Å². The lowest BCUT2D eigenvalue weighted by atomic mass is 10.2. The summed E-state index contributed by atoms with van der Waals surface area (Å²) in [4.78, 5) is 9.64. The van der Waals surface area contributed by atoms with Crippen LogP contribution in [0.25, 0.3) is 17.1 Å². The molecule has 0 amide bonds. The maximum Gasteiger partial charge on any atom is 0.299 e. The third-order valence-corrected chi connectivity index (χ3v) is 4.46. The Labute approximate surface area is 139 Å². The number of halogens is 2. The molecule has 0 aliphatic carbocycles. The molecule has 24 heavy (non-hydrogen) atoms. The number of fused-ring (bicyclic) bond motifs is 2. The van der Waals surface area contributed by atoms with Gasteiger partial charge < -0.3 is 0 Å². The van der Waals surface area contributed by atoms with E-state index in [1.54, 1.807) is 13.1 Å². The van der Waals surface area contributed by atoms with Crippen molar-refractivity contribution in [1.82, 2.24) is 24.8 Å². The lowest BCUT2D eigenvalue weighted by molar-refractivity contribution is 0.135. The van der Waals surface area contributed by atoms with Crippen molar-refractivity contribution in [2.45, 2.75) is 18.5 Å². The highest BCUT2D eigenvalue weighted by Crippen LogP contribution is 2.34. The third-order valence-electron chi connectivity index (χ3n) is 3.39. The predicted octanol–water partition coefficient (Wildman–Crippen LogP) is 3.53. The number of rotatable bonds is 2. The van der Waals surface area contributed by atoms with Crippen LogP contribution in [0, 0.1) is 0 Å². The van der Waals surface area contributed by atoms with E-state index in [9.17, 15) is 8.78 Å². The monoisotopic (exact) mass is 344 g/mol. The van der Waals surface area contributed by atoms with Gasteiger partial charge in [-0.05, 0) is 36.9 Å². The molecule has 0 fully saturated rings. The summed E-state index contributed by atoms with van der Waals surface area (Å²) in [5.41, 5.74) is 2.84. The van der Waals surface area contributed by atoms with Gasteiger partial charge in [-0.3, -0.25) is 4.98 Å². The third kappa shape index (κ3) is 2.56. The van der Waals surface area contributed by atoms with Gasteiger partial charge in [-0.15, -0.1) is 10.2 Å². The second-order valence-electron chi connectivity index (χ2n) is 5.03. The number of allylic oxidation sites excluding steroid dienone is 1. The molecule has 4 rings (SSSR count). The summed E-state index contributed by atoms with van der Waals surface area (Å²) in [6.07, 6.45) is 0.747. The molecular weight excluding hydrogens is 334 g/mol. The molecule has 1 aromatic carbocycles. The first-order valence-electron chi connectivity index (χ1n) is 7.02. The predicted molar refractivity (Wildman–Crippen MR) is 86.9 cm³/mol. The second kappa shape index (κ2) is 5.75. The number of hydrogen-bond donors (Lipinski definition) is 0. The van der Waals surface area contributed by atoms with Crippen molar-refractivity contribution < 1.29 is 8.78 Å². The van der Waals surface area contributed by atoms with Crippen molar-refractivity contribution in [1.29, 1.82) is 0 Å². The zero-order valence-electron chi connectivity index (χ0n) is 12.4. The summed E-state index contributed by atoms with van der Waals surface area (Å²) < 4.78 is 26.8. The van der Waals surface area contributed by atoms with Crippen LogP contribution in [0.1, 0.15) is 24.9 Å². The normalized spacial score (nSPS) is 15.8. The minimum absolute atomic E-state index is 0.302. The largest absolute Gasteiger partial charge is 0.299 e. The smallest absolute Gasteiger partial charge is 0.252 e. The summed E-state index contributed by atoms with van der Waals surface area (Å²) in [6.45, 7) is 1.74. The van der Waals surface area contributed by atoms with Gasteiger partial charge in [-0.1, -0.05) is 12.1 Å². The van der Waals surface area contributed by atoms with E-state index in [-0.39, 0.29) is 0 Å². The zero-order valence-corrected chi connectivity index (χ0v) is 13.2. The van der Waals surface area contributed by atoms with Gasteiger partial charge in [-0.25, -0.2) is 13.8 Å². The second-order valence-corrected chi connectivity index (χ2v) is 6.04. The van der Waals surface area contributed by atoms with Crippen LogP contribution in [-0.2, 0) is 0 Å². The molecule has 3 heterocycles. The highest BCUT2D eigenvalue weighted by Gasteiger charge is 2.25. The van der Waals surface area contributed by atoms with Crippen LogP contribution in [0.5, 0.6) is 0 Å². The maximum atomic E-state index is 12.9. The SMILES string of the molecule is CC1=Nn2c(nnc2C(F)F)SC1=Cc1cnc2ccccc2n1. The van der Waals surface area contributed by atoms with Crippen LogP contribution in [0.3, 0.4) is 0 Å². The summed E-state index contributed by atoms with van der Waals surface area (Å²) in [5, 5.41) is 11.7. The van der Waals surface area contributed by atoms with Gasteiger partial charge in [0.1, 0.15) is 0 Å². The first-order valence-corrected chi connectivity index (χ1v) is 7.84. The number of para-hydroxylation sites is 2. The molecule has 2 aromatic heterocycles. The molecule has 120 valence electrons. The van der Waals surface area contributed by atoms with E-state index in [1.165, 1.54) is 11.8 Å². The van der Waals surface area contributed by atoms with Crippen molar-refractivity contribution in [3.05, 3.63) is 46.9 Å². The Kier molecular flexibility index (Phi) is 3.57. The van der Waals surface area contributed by atoms with Gasteiger partial charge in [0.15, 0.2) is 0 Å². The summed E-state index contributed by atoms with van der Waals surface area (Å²) >= 11 is 1.22. The van der Waals surface area contributed by atoms with Crippen LogP contribution in [-0.4, -0.2) is 30.6 Å². The van der Waals surface area contributed by atoms with Gasteiger partial charge in [-0.2, -0.15) is 9.78 Å². The fourth-order valence-electron chi connectivity index (χ4n) is 2.25. The molecule has 1 aliphatic rings. The van der Waals surface area contributed by atoms with Gasteiger partial charge >= 0.3 is 0 Å². The van der Waals surface area contributed by atoms with E-state index in [0.717, 1.165) is 20.6 Å². The molecule has 0 saturated heterocycles. The molecule has 6 nitrogen and oxygen atoms in total. The molecule has 0 atom stereocenters. The average Bonchev–Trinajstić information content (AvgIpc) is 2.98. The van der Waals surface area contributed by atoms with Crippen molar-refractivity contribution in [2.75, 3.05) is 0 Å².